The quantitative estimate of drug-likeness (QED) is 0.191. The van der Waals surface area contributed by atoms with E-state index in [0.29, 0.717) is 24.5 Å². The van der Waals surface area contributed by atoms with Gasteiger partial charge in [-0.05, 0) is 42.8 Å². The maximum atomic E-state index is 10.7. The van der Waals surface area contributed by atoms with Gasteiger partial charge in [0.05, 0.1) is 15.6 Å². The lowest BCUT2D eigenvalue weighted by Crippen LogP contribution is -2.25. The number of nitro benzene ring substituents is 1. The highest BCUT2D eigenvalue weighted by molar-refractivity contribution is 6.33. The van der Waals surface area contributed by atoms with Gasteiger partial charge in [0.25, 0.3) is 5.69 Å². The Morgan fingerprint density at radius 2 is 1.96 bits per heavy atom. The molecular formula is C16H16ClN7O2. The number of hydrogen-bond donors (Lipinski definition) is 0. The van der Waals surface area contributed by atoms with E-state index in [9.17, 15) is 10.1 Å². The average Bonchev–Trinajstić information content (AvgIpc) is 2.65. The minimum Gasteiger partial charge on any atom is -0.372 e. The number of nitro groups is 1. The topological polar surface area (TPSA) is 120 Å². The highest BCUT2D eigenvalue weighted by Gasteiger charge is 2.09. The molecule has 0 bridgehead atoms. The Labute approximate surface area is 154 Å². The molecule has 0 aromatic heterocycles. The summed E-state index contributed by atoms with van der Waals surface area (Å²) in [6.45, 7) is 3.81. The first kappa shape index (κ1) is 19.2. The molecule has 0 atom stereocenters. The standard InChI is InChI=1S/C16H16ClN7O2/c1-2-23(10-9-19-22-18)13-5-3-12(4-6-13)20-21-16-8-7-14(24(25)26)11-15(16)17/h3-8,11H,2,9-10H2,1H3/b21-20+. The predicted octanol–water partition coefficient (Wildman–Crippen LogP) is 5.80. The molecular weight excluding hydrogens is 358 g/mol. The summed E-state index contributed by atoms with van der Waals surface area (Å²) in [7, 11) is 0. The van der Waals surface area contributed by atoms with E-state index < -0.39 is 4.92 Å². The van der Waals surface area contributed by atoms with Crippen LogP contribution in [0.4, 0.5) is 22.7 Å². The second kappa shape index (κ2) is 9.36. The third kappa shape index (κ3) is 5.17. The first-order chi connectivity index (χ1) is 12.5. The molecule has 0 spiro atoms. The third-order valence-electron chi connectivity index (χ3n) is 3.55. The smallest absolute Gasteiger partial charge is 0.271 e. The Hall–Kier alpha value is -3.16. The average molecular weight is 374 g/mol. The van der Waals surface area contributed by atoms with Crippen molar-refractivity contribution in [3.63, 3.8) is 0 Å². The van der Waals surface area contributed by atoms with Crippen LogP contribution in [-0.4, -0.2) is 24.6 Å². The molecule has 2 aromatic carbocycles. The Kier molecular flexibility index (Phi) is 6.90. The molecule has 0 fully saturated rings. The van der Waals surface area contributed by atoms with Crippen LogP contribution in [0.5, 0.6) is 0 Å². The molecule has 0 saturated carbocycles. The molecule has 10 heteroatoms. The summed E-state index contributed by atoms with van der Waals surface area (Å²) < 4.78 is 0. The van der Waals surface area contributed by atoms with Gasteiger partial charge in [0, 0.05) is 42.4 Å². The Morgan fingerprint density at radius 1 is 1.23 bits per heavy atom. The van der Waals surface area contributed by atoms with Crippen LogP contribution in [-0.2, 0) is 0 Å². The Morgan fingerprint density at radius 3 is 2.54 bits per heavy atom. The molecule has 134 valence electrons. The Balaban J connectivity index is 2.09. The number of benzene rings is 2. The molecule has 0 radical (unpaired) electrons. The molecule has 0 saturated heterocycles. The van der Waals surface area contributed by atoms with Crippen molar-refractivity contribution in [2.45, 2.75) is 6.92 Å². The number of azide groups is 1. The van der Waals surface area contributed by atoms with E-state index in [1.165, 1.54) is 18.2 Å². The van der Waals surface area contributed by atoms with Crippen molar-refractivity contribution in [1.82, 2.24) is 0 Å². The van der Waals surface area contributed by atoms with E-state index in [0.717, 1.165) is 12.2 Å². The number of halogens is 1. The minimum atomic E-state index is -0.521. The van der Waals surface area contributed by atoms with Crippen molar-refractivity contribution in [3.8, 4) is 0 Å². The van der Waals surface area contributed by atoms with E-state index in [-0.39, 0.29) is 10.7 Å². The molecule has 26 heavy (non-hydrogen) atoms. The molecule has 2 rings (SSSR count). The number of non-ortho nitro benzene ring substituents is 1. The van der Waals surface area contributed by atoms with E-state index in [2.05, 4.69) is 25.2 Å². The number of anilines is 1. The molecule has 0 aliphatic rings. The Bertz CT molecular complexity index is 848. The molecule has 9 nitrogen and oxygen atoms in total. The zero-order valence-electron chi connectivity index (χ0n) is 14.0. The van der Waals surface area contributed by atoms with Crippen LogP contribution in [0.1, 0.15) is 6.92 Å². The van der Waals surface area contributed by atoms with E-state index in [1.54, 1.807) is 12.1 Å². The molecule has 2 aromatic rings. The monoisotopic (exact) mass is 373 g/mol. The van der Waals surface area contributed by atoms with Crippen molar-refractivity contribution in [2.75, 3.05) is 24.5 Å². The van der Waals surface area contributed by atoms with Crippen LogP contribution in [0.15, 0.2) is 57.8 Å². The van der Waals surface area contributed by atoms with Crippen molar-refractivity contribution in [2.24, 2.45) is 15.3 Å². The zero-order valence-corrected chi connectivity index (χ0v) is 14.7. The second-order valence-electron chi connectivity index (χ2n) is 5.14. The molecule has 0 amide bonds. The number of rotatable bonds is 8. The van der Waals surface area contributed by atoms with Crippen LogP contribution in [0.3, 0.4) is 0 Å². The van der Waals surface area contributed by atoms with E-state index in [4.69, 9.17) is 17.1 Å². The summed E-state index contributed by atoms with van der Waals surface area (Å²) in [6, 6.07) is 11.4. The minimum absolute atomic E-state index is 0.0984. The fourth-order valence-electron chi connectivity index (χ4n) is 2.21. The largest absolute Gasteiger partial charge is 0.372 e. The number of nitrogens with zero attached hydrogens (tertiary/aromatic N) is 7. The summed E-state index contributed by atoms with van der Waals surface area (Å²) in [5.41, 5.74) is 10.2. The lowest BCUT2D eigenvalue weighted by atomic mass is 10.2. The van der Waals surface area contributed by atoms with Crippen molar-refractivity contribution in [3.05, 3.63) is 68.0 Å². The fourth-order valence-corrected chi connectivity index (χ4v) is 2.42. The van der Waals surface area contributed by atoms with Crippen LogP contribution >= 0.6 is 11.6 Å². The van der Waals surface area contributed by atoms with Crippen molar-refractivity contribution < 1.29 is 4.92 Å². The highest BCUT2D eigenvalue weighted by Crippen LogP contribution is 2.30. The number of hydrogen-bond acceptors (Lipinski definition) is 6. The van der Waals surface area contributed by atoms with Gasteiger partial charge in [0.15, 0.2) is 0 Å². The van der Waals surface area contributed by atoms with Gasteiger partial charge < -0.3 is 4.90 Å². The second-order valence-corrected chi connectivity index (χ2v) is 5.55. The first-order valence-corrected chi connectivity index (χ1v) is 8.14. The van der Waals surface area contributed by atoms with Gasteiger partial charge in [-0.15, -0.1) is 5.11 Å². The molecule has 0 unspecified atom stereocenters. The van der Waals surface area contributed by atoms with Gasteiger partial charge in [-0.25, -0.2) is 0 Å². The maximum Gasteiger partial charge on any atom is 0.271 e. The van der Waals surface area contributed by atoms with Crippen LogP contribution in [0.2, 0.25) is 5.02 Å². The zero-order chi connectivity index (χ0) is 18.9. The van der Waals surface area contributed by atoms with Crippen LogP contribution in [0, 0.1) is 10.1 Å². The van der Waals surface area contributed by atoms with E-state index in [1.807, 2.05) is 19.1 Å². The lowest BCUT2D eigenvalue weighted by Gasteiger charge is -2.22. The normalized spacial score (nSPS) is 10.5. The first-order valence-electron chi connectivity index (χ1n) is 7.76. The van der Waals surface area contributed by atoms with Gasteiger partial charge >= 0.3 is 0 Å². The van der Waals surface area contributed by atoms with Gasteiger partial charge in [-0.2, -0.15) is 5.11 Å². The molecule has 0 aliphatic carbocycles. The summed E-state index contributed by atoms with van der Waals surface area (Å²) in [5.74, 6) is 0. The maximum absolute atomic E-state index is 10.7. The van der Waals surface area contributed by atoms with Gasteiger partial charge in [-0.3, -0.25) is 10.1 Å². The predicted molar refractivity (Wildman–Crippen MR) is 101 cm³/mol. The van der Waals surface area contributed by atoms with E-state index >= 15 is 0 Å². The van der Waals surface area contributed by atoms with Crippen molar-refractivity contribution in [1.29, 1.82) is 0 Å². The summed E-state index contributed by atoms with van der Waals surface area (Å²) in [4.78, 5) is 15.0. The number of azo groups is 1. The molecule has 0 aliphatic heterocycles. The van der Waals surface area contributed by atoms with Crippen LogP contribution < -0.4 is 4.90 Å². The van der Waals surface area contributed by atoms with Gasteiger partial charge in [-0.1, -0.05) is 16.7 Å². The summed E-state index contributed by atoms with van der Waals surface area (Å²) in [5, 5.41) is 22.5. The SMILES string of the molecule is CCN(CCN=[N+]=[N-])c1ccc(/N=N/c2ccc([N+](=O)[O-])cc2Cl)cc1. The van der Waals surface area contributed by atoms with Crippen molar-refractivity contribution >= 4 is 34.4 Å². The fraction of sp³-hybridized carbons (Fsp3) is 0.250. The van der Waals surface area contributed by atoms with Gasteiger partial charge in [0.1, 0.15) is 5.69 Å². The summed E-state index contributed by atoms with van der Waals surface area (Å²) in [6.07, 6.45) is 0. The lowest BCUT2D eigenvalue weighted by molar-refractivity contribution is -0.384. The summed E-state index contributed by atoms with van der Waals surface area (Å²) >= 11 is 5.99. The third-order valence-corrected chi connectivity index (χ3v) is 3.85. The van der Waals surface area contributed by atoms with Crippen LogP contribution in [0.25, 0.3) is 10.4 Å². The highest BCUT2D eigenvalue weighted by atomic mass is 35.5. The van der Waals surface area contributed by atoms with Gasteiger partial charge in [0.2, 0.25) is 0 Å². The molecule has 0 N–H and O–H groups in total. The molecule has 0 heterocycles. The number of likely N-dealkylation sites (N-methyl/N-ethyl adjacent to an activating group) is 1.